The first-order chi connectivity index (χ1) is 14.0. The van der Waals surface area contributed by atoms with Crippen molar-refractivity contribution in [1.82, 2.24) is 15.5 Å². The van der Waals surface area contributed by atoms with Gasteiger partial charge in [0.2, 0.25) is 5.91 Å². The second-order valence-corrected chi connectivity index (χ2v) is 10.1. The van der Waals surface area contributed by atoms with Gasteiger partial charge in [0.05, 0.1) is 0 Å². The molecule has 5 heteroatoms. The number of benzene rings is 1. The van der Waals surface area contributed by atoms with Crippen LogP contribution in [0.3, 0.4) is 0 Å². The highest BCUT2D eigenvalue weighted by Crippen LogP contribution is 2.60. The highest BCUT2D eigenvalue weighted by atomic mass is 16.2. The van der Waals surface area contributed by atoms with Gasteiger partial charge in [-0.3, -0.25) is 9.59 Å². The van der Waals surface area contributed by atoms with Crippen molar-refractivity contribution in [2.75, 3.05) is 19.6 Å². The Bertz CT molecular complexity index is 753. The van der Waals surface area contributed by atoms with Crippen molar-refractivity contribution in [3.8, 4) is 0 Å². The topological polar surface area (TPSA) is 61.4 Å². The van der Waals surface area contributed by atoms with Gasteiger partial charge in [0.1, 0.15) is 0 Å². The third-order valence-corrected chi connectivity index (χ3v) is 7.94. The number of carbonyl (C=O) groups excluding carboxylic acids is 2. The number of hydrogen-bond donors (Lipinski definition) is 2. The molecule has 1 heterocycles. The minimum atomic E-state index is -0.0942. The zero-order valence-electron chi connectivity index (χ0n) is 17.5. The molecule has 5 nitrogen and oxygen atoms in total. The summed E-state index contributed by atoms with van der Waals surface area (Å²) < 4.78 is 0. The summed E-state index contributed by atoms with van der Waals surface area (Å²) >= 11 is 0. The molecule has 1 unspecified atom stereocenters. The maximum absolute atomic E-state index is 13.1. The minimum Gasteiger partial charge on any atom is -0.352 e. The number of carbonyl (C=O) groups is 2. The third kappa shape index (κ3) is 3.58. The van der Waals surface area contributed by atoms with Crippen LogP contribution in [0.15, 0.2) is 24.3 Å². The molecule has 1 atom stereocenters. The van der Waals surface area contributed by atoms with E-state index >= 15 is 0 Å². The molecule has 0 spiro atoms. The summed E-state index contributed by atoms with van der Waals surface area (Å²) in [5, 5.41) is 6.55. The van der Waals surface area contributed by atoms with Crippen LogP contribution in [0.4, 0.5) is 0 Å². The lowest BCUT2D eigenvalue weighted by atomic mass is 9.49. The van der Waals surface area contributed by atoms with Crippen LogP contribution >= 0.6 is 0 Å². The zero-order chi connectivity index (χ0) is 20.0. The van der Waals surface area contributed by atoms with Crippen molar-refractivity contribution < 1.29 is 9.59 Å². The molecule has 1 aromatic carbocycles. The van der Waals surface area contributed by atoms with E-state index in [1.807, 2.05) is 29.2 Å². The van der Waals surface area contributed by atoms with Crippen LogP contribution in [-0.4, -0.2) is 42.4 Å². The molecule has 29 heavy (non-hydrogen) atoms. The summed E-state index contributed by atoms with van der Waals surface area (Å²) in [7, 11) is 0. The molecule has 6 rings (SSSR count). The molecule has 0 aromatic heterocycles. The number of amides is 2. The van der Waals surface area contributed by atoms with E-state index in [1.165, 1.54) is 19.3 Å². The summed E-state index contributed by atoms with van der Waals surface area (Å²) in [6.07, 6.45) is 7.36. The Labute approximate surface area is 173 Å². The van der Waals surface area contributed by atoms with Crippen molar-refractivity contribution in [3.05, 3.63) is 35.4 Å². The molecule has 2 amide bonds. The molecular formula is C24H33N3O2. The Hall–Kier alpha value is -1.88. The second kappa shape index (κ2) is 7.42. The van der Waals surface area contributed by atoms with Crippen LogP contribution < -0.4 is 10.6 Å². The van der Waals surface area contributed by atoms with Gasteiger partial charge in [-0.25, -0.2) is 0 Å². The van der Waals surface area contributed by atoms with Gasteiger partial charge in [0.15, 0.2) is 0 Å². The van der Waals surface area contributed by atoms with Crippen molar-refractivity contribution in [1.29, 1.82) is 0 Å². The number of rotatable bonds is 4. The monoisotopic (exact) mass is 395 g/mol. The SMILES string of the molecule is CC1CNCCN1C(=O)c1ccc(CNC(=O)C23CC4CC(CC(C4)C2)C3)cc1. The van der Waals surface area contributed by atoms with Crippen molar-refractivity contribution in [2.45, 2.75) is 58.0 Å². The van der Waals surface area contributed by atoms with Crippen LogP contribution in [0, 0.1) is 23.2 Å². The quantitative estimate of drug-likeness (QED) is 0.824. The van der Waals surface area contributed by atoms with Crippen molar-refractivity contribution in [3.63, 3.8) is 0 Å². The van der Waals surface area contributed by atoms with E-state index in [9.17, 15) is 9.59 Å². The highest BCUT2D eigenvalue weighted by Gasteiger charge is 2.54. The highest BCUT2D eigenvalue weighted by molar-refractivity contribution is 5.94. The molecule has 4 aliphatic carbocycles. The summed E-state index contributed by atoms with van der Waals surface area (Å²) in [5.74, 6) is 2.72. The van der Waals surface area contributed by atoms with Gasteiger partial charge in [-0.2, -0.15) is 0 Å². The van der Waals surface area contributed by atoms with E-state index in [0.29, 0.717) is 6.54 Å². The number of nitrogens with one attached hydrogen (secondary N) is 2. The van der Waals surface area contributed by atoms with Gasteiger partial charge < -0.3 is 15.5 Å². The number of piperazine rings is 1. The Morgan fingerprint density at radius 1 is 1.07 bits per heavy atom. The Balaban J connectivity index is 1.20. The van der Waals surface area contributed by atoms with Crippen molar-refractivity contribution >= 4 is 11.8 Å². The van der Waals surface area contributed by atoms with Crippen LogP contribution in [-0.2, 0) is 11.3 Å². The first-order valence-corrected chi connectivity index (χ1v) is 11.4. The first-order valence-electron chi connectivity index (χ1n) is 11.4. The summed E-state index contributed by atoms with van der Waals surface area (Å²) in [5.41, 5.74) is 1.70. The summed E-state index contributed by atoms with van der Waals surface area (Å²) in [4.78, 5) is 27.8. The molecule has 4 saturated carbocycles. The van der Waals surface area contributed by atoms with Crippen LogP contribution in [0.5, 0.6) is 0 Å². The molecule has 1 saturated heterocycles. The fourth-order valence-corrected chi connectivity index (χ4v) is 6.83. The Kier molecular flexibility index (Phi) is 4.89. The largest absolute Gasteiger partial charge is 0.352 e. The maximum atomic E-state index is 13.1. The molecule has 156 valence electrons. The van der Waals surface area contributed by atoms with Gasteiger partial charge in [0, 0.05) is 43.2 Å². The van der Waals surface area contributed by atoms with Gasteiger partial charge in [0.25, 0.3) is 5.91 Å². The third-order valence-electron chi connectivity index (χ3n) is 7.94. The van der Waals surface area contributed by atoms with E-state index < -0.39 is 0 Å². The van der Waals surface area contributed by atoms with Gasteiger partial charge in [-0.15, -0.1) is 0 Å². The fraction of sp³-hybridized carbons (Fsp3) is 0.667. The molecule has 0 radical (unpaired) electrons. The molecule has 5 aliphatic rings. The molecule has 1 aromatic rings. The van der Waals surface area contributed by atoms with Crippen LogP contribution in [0.25, 0.3) is 0 Å². The molecule has 2 N–H and O–H groups in total. The lowest BCUT2D eigenvalue weighted by Gasteiger charge is -2.55. The normalized spacial score (nSPS) is 35.6. The van der Waals surface area contributed by atoms with E-state index in [-0.39, 0.29) is 23.3 Å². The number of nitrogens with zero attached hydrogens (tertiary/aromatic N) is 1. The molecule has 4 bridgehead atoms. The molecule has 1 aliphatic heterocycles. The second-order valence-electron chi connectivity index (χ2n) is 10.1. The lowest BCUT2D eigenvalue weighted by molar-refractivity contribution is -0.146. The number of hydrogen-bond acceptors (Lipinski definition) is 3. The predicted molar refractivity (Wildman–Crippen MR) is 112 cm³/mol. The first kappa shape index (κ1) is 19.1. The Morgan fingerprint density at radius 2 is 1.69 bits per heavy atom. The van der Waals surface area contributed by atoms with Gasteiger partial charge in [-0.1, -0.05) is 12.1 Å². The van der Waals surface area contributed by atoms with Gasteiger partial charge in [-0.05, 0) is 80.9 Å². The predicted octanol–water partition coefficient (Wildman–Crippen LogP) is 2.95. The average molecular weight is 396 g/mol. The zero-order valence-corrected chi connectivity index (χ0v) is 17.5. The molecule has 5 fully saturated rings. The van der Waals surface area contributed by atoms with E-state index in [1.54, 1.807) is 0 Å². The van der Waals surface area contributed by atoms with Crippen LogP contribution in [0.1, 0.15) is 61.4 Å². The standard InChI is InChI=1S/C24H33N3O2/c1-16-14-25-6-7-27(16)22(28)21-4-2-17(3-5-21)15-26-23(29)24-11-18-8-19(12-24)10-20(9-18)13-24/h2-5,16,18-20,25H,6-15H2,1H3,(H,26,29). The van der Waals surface area contributed by atoms with E-state index in [4.69, 9.17) is 0 Å². The molecular weight excluding hydrogens is 362 g/mol. The van der Waals surface area contributed by atoms with Crippen molar-refractivity contribution in [2.24, 2.45) is 23.2 Å². The minimum absolute atomic E-state index is 0.0942. The fourth-order valence-electron chi connectivity index (χ4n) is 6.83. The van der Waals surface area contributed by atoms with Gasteiger partial charge >= 0.3 is 0 Å². The average Bonchev–Trinajstić information content (AvgIpc) is 2.71. The van der Waals surface area contributed by atoms with Crippen LogP contribution in [0.2, 0.25) is 0 Å². The summed E-state index contributed by atoms with van der Waals surface area (Å²) in [6.45, 7) is 5.09. The smallest absolute Gasteiger partial charge is 0.254 e. The Morgan fingerprint density at radius 3 is 2.28 bits per heavy atom. The van der Waals surface area contributed by atoms with E-state index in [0.717, 1.165) is 67.8 Å². The van der Waals surface area contributed by atoms with E-state index in [2.05, 4.69) is 17.6 Å². The summed E-state index contributed by atoms with van der Waals surface area (Å²) in [6, 6.07) is 8.00. The lowest BCUT2D eigenvalue weighted by Crippen LogP contribution is -2.53. The maximum Gasteiger partial charge on any atom is 0.254 e.